The maximum absolute atomic E-state index is 11.9. The molecule has 2 nitrogen and oxygen atoms in total. The molecule has 0 radical (unpaired) electrons. The van der Waals surface area contributed by atoms with E-state index < -0.39 is 0 Å². The van der Waals surface area contributed by atoms with Gasteiger partial charge in [0.2, 0.25) is 0 Å². The molecule has 0 aromatic heterocycles. The van der Waals surface area contributed by atoms with Crippen LogP contribution in [0.4, 0.5) is 4.39 Å². The van der Waals surface area contributed by atoms with E-state index in [4.69, 9.17) is 0 Å². The van der Waals surface area contributed by atoms with Gasteiger partial charge in [-0.2, -0.15) is 0 Å². The molecule has 0 aromatic carbocycles. The van der Waals surface area contributed by atoms with Crippen molar-refractivity contribution in [2.75, 3.05) is 26.3 Å². The quantitative estimate of drug-likeness (QED) is 0.677. The monoisotopic (exact) mass is 172 g/mol. The predicted octanol–water partition coefficient (Wildman–Crippen LogP) is 0.782. The summed E-state index contributed by atoms with van der Waals surface area (Å²) in [4.78, 5) is 2.54. The first-order chi connectivity index (χ1) is 5.92. The fourth-order valence-corrected chi connectivity index (χ4v) is 2.56. The minimum atomic E-state index is -0.233. The van der Waals surface area contributed by atoms with Gasteiger partial charge in [-0.15, -0.1) is 0 Å². The van der Waals surface area contributed by atoms with Crippen LogP contribution in [0.25, 0.3) is 0 Å². The van der Waals surface area contributed by atoms with Gasteiger partial charge in [-0.25, -0.2) is 4.39 Å². The zero-order chi connectivity index (χ0) is 8.39. The summed E-state index contributed by atoms with van der Waals surface area (Å²) < 4.78 is 11.9. The molecule has 2 atom stereocenters. The highest BCUT2D eigenvalue weighted by Gasteiger charge is 2.36. The molecule has 0 spiro atoms. The van der Waals surface area contributed by atoms with Gasteiger partial charge in [-0.1, -0.05) is 0 Å². The van der Waals surface area contributed by atoms with Crippen molar-refractivity contribution in [1.29, 1.82) is 0 Å². The van der Waals surface area contributed by atoms with Crippen molar-refractivity contribution in [1.82, 2.24) is 10.2 Å². The van der Waals surface area contributed by atoms with E-state index in [1.807, 2.05) is 0 Å². The molecular formula is C9H17FN2. The lowest BCUT2D eigenvalue weighted by Gasteiger charge is -2.20. The maximum Gasteiger partial charge on any atom is 0.102 e. The summed E-state index contributed by atoms with van der Waals surface area (Å²) in [5, 5.41) is 3.29. The van der Waals surface area contributed by atoms with E-state index in [0.717, 1.165) is 6.04 Å². The fourth-order valence-electron chi connectivity index (χ4n) is 2.56. The lowest BCUT2D eigenvalue weighted by molar-refractivity contribution is 0.295. The Balaban J connectivity index is 1.83. The molecule has 3 heteroatoms. The van der Waals surface area contributed by atoms with Gasteiger partial charge >= 0.3 is 0 Å². The van der Waals surface area contributed by atoms with Gasteiger partial charge < -0.3 is 5.32 Å². The van der Waals surface area contributed by atoms with Gasteiger partial charge in [0, 0.05) is 25.2 Å². The minimum Gasteiger partial charge on any atom is -0.310 e. The molecule has 70 valence electrons. The second-order valence-corrected chi connectivity index (χ2v) is 3.78. The number of halogens is 1. The van der Waals surface area contributed by atoms with Crippen molar-refractivity contribution in [3.8, 4) is 0 Å². The normalized spacial score (nSPS) is 35.8. The second kappa shape index (κ2) is 3.71. The minimum absolute atomic E-state index is 0.233. The largest absolute Gasteiger partial charge is 0.310 e. The van der Waals surface area contributed by atoms with E-state index in [-0.39, 0.29) is 6.67 Å². The van der Waals surface area contributed by atoms with Crippen LogP contribution in [0.2, 0.25) is 0 Å². The molecule has 2 saturated heterocycles. The molecule has 2 unspecified atom stereocenters. The lowest BCUT2D eigenvalue weighted by atomic mass is 10.1. The standard InChI is InChI=1S/C9H17FN2/c10-4-5-11-8-3-7-12-6-1-2-9(8)12/h8-9,11H,1-7H2. The van der Waals surface area contributed by atoms with Crippen LogP contribution in [0.5, 0.6) is 0 Å². The van der Waals surface area contributed by atoms with Crippen LogP contribution in [-0.4, -0.2) is 43.3 Å². The average molecular weight is 172 g/mol. The van der Waals surface area contributed by atoms with Gasteiger partial charge in [0.25, 0.3) is 0 Å². The molecule has 0 aliphatic carbocycles. The Morgan fingerprint density at radius 2 is 2.25 bits per heavy atom. The van der Waals surface area contributed by atoms with E-state index in [1.165, 1.54) is 32.4 Å². The van der Waals surface area contributed by atoms with Crippen molar-refractivity contribution in [3.63, 3.8) is 0 Å². The smallest absolute Gasteiger partial charge is 0.102 e. The summed E-state index contributed by atoms with van der Waals surface area (Å²) >= 11 is 0. The van der Waals surface area contributed by atoms with Crippen molar-refractivity contribution in [3.05, 3.63) is 0 Å². The first kappa shape index (κ1) is 8.45. The SMILES string of the molecule is FCCNC1CCN2CCCC12. The molecular weight excluding hydrogens is 155 g/mol. The third-order valence-corrected chi connectivity index (χ3v) is 3.11. The number of hydrogen-bond donors (Lipinski definition) is 1. The number of nitrogens with one attached hydrogen (secondary N) is 1. The van der Waals surface area contributed by atoms with E-state index in [1.54, 1.807) is 0 Å². The average Bonchev–Trinajstić information content (AvgIpc) is 2.62. The van der Waals surface area contributed by atoms with Gasteiger partial charge in [-0.05, 0) is 25.8 Å². The Kier molecular flexibility index (Phi) is 2.61. The van der Waals surface area contributed by atoms with Gasteiger partial charge in [0.15, 0.2) is 0 Å². The van der Waals surface area contributed by atoms with Crippen LogP contribution in [0.15, 0.2) is 0 Å². The lowest BCUT2D eigenvalue weighted by Crippen LogP contribution is -2.39. The van der Waals surface area contributed by atoms with Crippen molar-refractivity contribution < 1.29 is 4.39 Å². The zero-order valence-corrected chi connectivity index (χ0v) is 7.43. The summed E-state index contributed by atoms with van der Waals surface area (Å²) in [5.41, 5.74) is 0. The number of fused-ring (bicyclic) bond motifs is 1. The first-order valence-corrected chi connectivity index (χ1v) is 4.95. The van der Waals surface area contributed by atoms with E-state index in [2.05, 4.69) is 10.2 Å². The maximum atomic E-state index is 11.9. The topological polar surface area (TPSA) is 15.3 Å². The molecule has 2 heterocycles. The van der Waals surface area contributed by atoms with Gasteiger partial charge in [0.1, 0.15) is 6.67 Å². The molecule has 12 heavy (non-hydrogen) atoms. The molecule has 0 saturated carbocycles. The highest BCUT2D eigenvalue weighted by atomic mass is 19.1. The van der Waals surface area contributed by atoms with Crippen LogP contribution in [0.1, 0.15) is 19.3 Å². The molecule has 0 amide bonds. The molecule has 2 fully saturated rings. The Morgan fingerprint density at radius 3 is 3.08 bits per heavy atom. The molecule has 0 bridgehead atoms. The Morgan fingerprint density at radius 1 is 1.33 bits per heavy atom. The second-order valence-electron chi connectivity index (χ2n) is 3.78. The van der Waals surface area contributed by atoms with Crippen molar-refractivity contribution in [2.24, 2.45) is 0 Å². The van der Waals surface area contributed by atoms with Crippen LogP contribution < -0.4 is 5.32 Å². The first-order valence-electron chi connectivity index (χ1n) is 4.95. The fraction of sp³-hybridized carbons (Fsp3) is 1.00. The van der Waals surface area contributed by atoms with Gasteiger partial charge in [-0.3, -0.25) is 4.90 Å². The van der Waals surface area contributed by atoms with E-state index in [9.17, 15) is 4.39 Å². The van der Waals surface area contributed by atoms with Crippen LogP contribution >= 0.6 is 0 Å². The zero-order valence-electron chi connectivity index (χ0n) is 7.43. The van der Waals surface area contributed by atoms with Gasteiger partial charge in [0.05, 0.1) is 0 Å². The van der Waals surface area contributed by atoms with Crippen molar-refractivity contribution in [2.45, 2.75) is 31.3 Å². The summed E-state index contributed by atoms with van der Waals surface area (Å²) in [6.07, 6.45) is 3.85. The number of hydrogen-bond acceptors (Lipinski definition) is 2. The van der Waals surface area contributed by atoms with Crippen LogP contribution in [0.3, 0.4) is 0 Å². The molecule has 1 N–H and O–H groups in total. The molecule has 2 rings (SSSR count). The third kappa shape index (κ3) is 1.48. The highest BCUT2D eigenvalue weighted by Crippen LogP contribution is 2.27. The summed E-state index contributed by atoms with van der Waals surface area (Å²) in [5.74, 6) is 0. The van der Waals surface area contributed by atoms with Crippen LogP contribution in [-0.2, 0) is 0 Å². The highest BCUT2D eigenvalue weighted by molar-refractivity contribution is 4.95. The molecule has 0 aromatic rings. The third-order valence-electron chi connectivity index (χ3n) is 3.11. The molecule has 2 aliphatic heterocycles. The number of alkyl halides is 1. The summed E-state index contributed by atoms with van der Waals surface area (Å²) in [7, 11) is 0. The van der Waals surface area contributed by atoms with Crippen molar-refractivity contribution >= 4 is 0 Å². The Hall–Kier alpha value is -0.150. The summed E-state index contributed by atoms with van der Waals surface area (Å²) in [6, 6.07) is 1.29. The Bertz CT molecular complexity index is 151. The molecule has 2 aliphatic rings. The number of rotatable bonds is 3. The Labute approximate surface area is 73.1 Å². The number of nitrogens with zero attached hydrogens (tertiary/aromatic N) is 1. The van der Waals surface area contributed by atoms with Crippen LogP contribution in [0, 0.1) is 0 Å². The van der Waals surface area contributed by atoms with E-state index in [0.29, 0.717) is 12.6 Å². The van der Waals surface area contributed by atoms with E-state index >= 15 is 0 Å². The summed E-state index contributed by atoms with van der Waals surface area (Å²) in [6.45, 7) is 2.78. The predicted molar refractivity (Wildman–Crippen MR) is 47.0 cm³/mol.